The maximum atomic E-state index is 12.8. The number of hydrogen-bond donors (Lipinski definition) is 0. The molecular weight excluding hydrogens is 235 g/mol. The summed E-state index contributed by atoms with van der Waals surface area (Å²) in [5, 5.41) is 0. The number of fused-ring (bicyclic) bond motifs is 1. The van der Waals surface area contributed by atoms with Crippen LogP contribution in [0, 0.1) is 0 Å². The van der Waals surface area contributed by atoms with Gasteiger partial charge in [0.05, 0.1) is 24.8 Å². The van der Waals surface area contributed by atoms with Gasteiger partial charge in [-0.2, -0.15) is 13.2 Å². The first-order chi connectivity index (χ1) is 7.93. The highest BCUT2D eigenvalue weighted by Gasteiger charge is 2.36. The topological polar surface area (TPSA) is 38.7 Å². The van der Waals surface area contributed by atoms with E-state index in [4.69, 9.17) is 0 Å². The van der Waals surface area contributed by atoms with Crippen LogP contribution in [0.5, 0.6) is 0 Å². The Kier molecular flexibility index (Phi) is 2.65. The molecule has 17 heavy (non-hydrogen) atoms. The van der Waals surface area contributed by atoms with Crippen molar-refractivity contribution < 1.29 is 22.7 Å². The van der Waals surface area contributed by atoms with Crippen molar-refractivity contribution >= 4 is 12.2 Å². The van der Waals surface area contributed by atoms with Gasteiger partial charge in [0.25, 0.3) is 0 Å². The normalized spacial score (nSPS) is 13.6. The van der Waals surface area contributed by atoms with Gasteiger partial charge in [-0.25, -0.2) is 4.79 Å². The zero-order valence-electron chi connectivity index (χ0n) is 8.84. The average molecular weight is 243 g/mol. The molecule has 0 fully saturated rings. The van der Waals surface area contributed by atoms with Crippen molar-refractivity contribution in [3.05, 3.63) is 34.4 Å². The summed E-state index contributed by atoms with van der Waals surface area (Å²) in [6, 6.07) is 2.16. The Hall–Kier alpha value is -1.85. The lowest BCUT2D eigenvalue weighted by Gasteiger charge is -2.13. The standard InChI is InChI=1S/C11H8F3NO2/c1-17-10(16)6-2-7-4-15-5-8(7)9(3-6)11(12,13)14/h2-4H,5H2,1H3. The quantitative estimate of drug-likeness (QED) is 0.710. The molecule has 0 amide bonds. The van der Waals surface area contributed by atoms with E-state index in [2.05, 4.69) is 9.73 Å². The van der Waals surface area contributed by atoms with Crippen LogP contribution in [-0.2, 0) is 17.5 Å². The number of benzene rings is 1. The third kappa shape index (κ3) is 2.02. The summed E-state index contributed by atoms with van der Waals surface area (Å²) in [7, 11) is 1.12. The second kappa shape index (κ2) is 3.87. The van der Waals surface area contributed by atoms with Crippen LogP contribution in [0.1, 0.15) is 27.0 Å². The number of nitrogens with zero attached hydrogens (tertiary/aromatic N) is 1. The number of esters is 1. The highest BCUT2D eigenvalue weighted by atomic mass is 19.4. The number of ether oxygens (including phenoxy) is 1. The van der Waals surface area contributed by atoms with E-state index in [0.717, 1.165) is 13.2 Å². The molecule has 0 N–H and O–H groups in total. The number of rotatable bonds is 1. The fourth-order valence-electron chi connectivity index (χ4n) is 1.71. The molecule has 1 aromatic rings. The predicted octanol–water partition coefficient (Wildman–Crippen LogP) is 2.42. The molecule has 0 aromatic heterocycles. The van der Waals surface area contributed by atoms with Gasteiger partial charge in [-0.05, 0) is 23.3 Å². The monoisotopic (exact) mass is 243 g/mol. The molecule has 1 aliphatic heterocycles. The van der Waals surface area contributed by atoms with Crippen molar-refractivity contribution in [2.45, 2.75) is 12.7 Å². The second-order valence-electron chi connectivity index (χ2n) is 3.55. The number of hydrogen-bond acceptors (Lipinski definition) is 3. The molecule has 6 heteroatoms. The Morgan fingerprint density at radius 1 is 1.41 bits per heavy atom. The maximum Gasteiger partial charge on any atom is 0.416 e. The second-order valence-corrected chi connectivity index (χ2v) is 3.55. The summed E-state index contributed by atoms with van der Waals surface area (Å²) in [4.78, 5) is 15.0. The number of alkyl halides is 3. The van der Waals surface area contributed by atoms with E-state index in [1.165, 1.54) is 12.3 Å². The molecule has 0 radical (unpaired) electrons. The van der Waals surface area contributed by atoms with Gasteiger partial charge in [0.2, 0.25) is 0 Å². The Bertz CT molecular complexity index is 506. The van der Waals surface area contributed by atoms with E-state index in [9.17, 15) is 18.0 Å². The third-order valence-corrected chi connectivity index (χ3v) is 2.49. The van der Waals surface area contributed by atoms with E-state index < -0.39 is 17.7 Å². The van der Waals surface area contributed by atoms with Gasteiger partial charge in [0.15, 0.2) is 0 Å². The van der Waals surface area contributed by atoms with Crippen LogP contribution in [0.25, 0.3) is 0 Å². The summed E-state index contributed by atoms with van der Waals surface area (Å²) in [5.74, 6) is -0.793. The minimum Gasteiger partial charge on any atom is -0.465 e. The first kappa shape index (κ1) is 11.6. The van der Waals surface area contributed by atoms with E-state index >= 15 is 0 Å². The van der Waals surface area contributed by atoms with E-state index in [1.807, 2.05) is 0 Å². The first-order valence-electron chi connectivity index (χ1n) is 4.75. The number of halogens is 3. The number of carbonyl (C=O) groups is 1. The van der Waals surface area contributed by atoms with Gasteiger partial charge in [0.1, 0.15) is 0 Å². The molecule has 0 spiro atoms. The minimum absolute atomic E-state index is 0.00830. The first-order valence-corrected chi connectivity index (χ1v) is 4.75. The summed E-state index contributed by atoms with van der Waals surface area (Å²) < 4.78 is 42.8. The van der Waals surface area contributed by atoms with Gasteiger partial charge in [-0.3, -0.25) is 4.99 Å². The predicted molar refractivity (Wildman–Crippen MR) is 54.1 cm³/mol. The van der Waals surface area contributed by atoms with Crippen molar-refractivity contribution in [3.63, 3.8) is 0 Å². The van der Waals surface area contributed by atoms with Crippen LogP contribution in [0.4, 0.5) is 13.2 Å². The lowest BCUT2D eigenvalue weighted by atomic mass is 9.99. The molecular formula is C11H8F3NO2. The summed E-state index contributed by atoms with van der Waals surface area (Å²) in [5.41, 5.74) is -0.523. The lowest BCUT2D eigenvalue weighted by molar-refractivity contribution is -0.138. The van der Waals surface area contributed by atoms with Crippen molar-refractivity contribution in [3.8, 4) is 0 Å². The number of aliphatic imine (C=N–C) groups is 1. The minimum atomic E-state index is -4.50. The maximum absolute atomic E-state index is 12.8. The Labute approximate surface area is 94.9 Å². The molecule has 0 saturated heterocycles. The van der Waals surface area contributed by atoms with Crippen LogP contribution in [-0.4, -0.2) is 19.3 Å². The molecule has 90 valence electrons. The molecule has 1 aliphatic rings. The van der Waals surface area contributed by atoms with Crippen LogP contribution in [0.15, 0.2) is 17.1 Å². The van der Waals surface area contributed by atoms with Crippen LogP contribution >= 0.6 is 0 Å². The van der Waals surface area contributed by atoms with Crippen molar-refractivity contribution in [1.82, 2.24) is 0 Å². The fraction of sp³-hybridized carbons (Fsp3) is 0.273. The zero-order chi connectivity index (χ0) is 12.6. The Morgan fingerprint density at radius 3 is 2.71 bits per heavy atom. The molecule has 1 aromatic carbocycles. The molecule has 3 nitrogen and oxygen atoms in total. The van der Waals surface area contributed by atoms with E-state index in [-0.39, 0.29) is 17.7 Å². The molecule has 0 aliphatic carbocycles. The molecule has 0 unspecified atom stereocenters. The number of methoxy groups -OCH3 is 1. The van der Waals surface area contributed by atoms with E-state index in [1.54, 1.807) is 0 Å². The van der Waals surface area contributed by atoms with Crippen molar-refractivity contribution in [1.29, 1.82) is 0 Å². The summed E-state index contributed by atoms with van der Waals surface area (Å²) in [6.45, 7) is -0.00830. The van der Waals surface area contributed by atoms with Crippen LogP contribution in [0.2, 0.25) is 0 Å². The molecule has 0 bridgehead atoms. The van der Waals surface area contributed by atoms with Gasteiger partial charge in [-0.15, -0.1) is 0 Å². The lowest BCUT2D eigenvalue weighted by Crippen LogP contribution is -2.12. The third-order valence-electron chi connectivity index (χ3n) is 2.49. The van der Waals surface area contributed by atoms with Gasteiger partial charge in [0, 0.05) is 6.21 Å². The SMILES string of the molecule is COC(=O)c1cc2c(c(C(F)(F)F)c1)CN=C2. The van der Waals surface area contributed by atoms with Crippen LogP contribution < -0.4 is 0 Å². The number of carbonyl (C=O) groups excluding carboxylic acids is 1. The van der Waals surface area contributed by atoms with Gasteiger partial charge >= 0.3 is 12.1 Å². The molecule has 0 atom stereocenters. The summed E-state index contributed by atoms with van der Waals surface area (Å²) >= 11 is 0. The van der Waals surface area contributed by atoms with Gasteiger partial charge in [-0.1, -0.05) is 0 Å². The largest absolute Gasteiger partial charge is 0.465 e. The highest BCUT2D eigenvalue weighted by molar-refractivity contribution is 5.94. The average Bonchev–Trinajstić information content (AvgIpc) is 2.72. The highest BCUT2D eigenvalue weighted by Crippen LogP contribution is 2.35. The Morgan fingerprint density at radius 2 is 2.12 bits per heavy atom. The molecule has 0 saturated carbocycles. The van der Waals surface area contributed by atoms with Gasteiger partial charge < -0.3 is 4.74 Å². The van der Waals surface area contributed by atoms with Crippen LogP contribution in [0.3, 0.4) is 0 Å². The molecule has 1 heterocycles. The van der Waals surface area contributed by atoms with E-state index in [0.29, 0.717) is 5.56 Å². The molecule has 2 rings (SSSR count). The Balaban J connectivity index is 2.60. The van der Waals surface area contributed by atoms with Crippen molar-refractivity contribution in [2.75, 3.05) is 7.11 Å². The van der Waals surface area contributed by atoms with Crippen molar-refractivity contribution in [2.24, 2.45) is 4.99 Å². The zero-order valence-corrected chi connectivity index (χ0v) is 8.84. The smallest absolute Gasteiger partial charge is 0.416 e. The summed E-state index contributed by atoms with van der Waals surface area (Å²) in [6.07, 6.45) is -3.17. The fourth-order valence-corrected chi connectivity index (χ4v) is 1.71.